The van der Waals surface area contributed by atoms with Crippen molar-refractivity contribution in [2.24, 2.45) is 7.05 Å². The number of piperidine rings is 1. The molecule has 2 fully saturated rings. The molecule has 1 unspecified atom stereocenters. The van der Waals surface area contributed by atoms with Gasteiger partial charge in [0.25, 0.3) is 5.91 Å². The molecule has 2 N–H and O–H groups in total. The average molecular weight is 740 g/mol. The molecule has 0 aliphatic carbocycles. The second kappa shape index (κ2) is 14.7. The van der Waals surface area contributed by atoms with Crippen molar-refractivity contribution in [1.82, 2.24) is 30.2 Å². The molecular weight excluding hydrogens is 702 g/mol. The van der Waals surface area contributed by atoms with Crippen molar-refractivity contribution in [3.8, 4) is 23.2 Å². The van der Waals surface area contributed by atoms with E-state index in [1.54, 1.807) is 51.0 Å². The molecule has 8 rings (SSSR count). The normalized spacial score (nSPS) is 16.2. The largest absolute Gasteiger partial charge is 0.464 e. The molecular formula is C41H37N7O7. The molecule has 0 saturated carbocycles. The van der Waals surface area contributed by atoms with Crippen LogP contribution in [0.2, 0.25) is 0 Å². The fraction of sp³-hybridized carbons (Fsp3) is 0.293. The third kappa shape index (κ3) is 6.97. The first-order valence-corrected chi connectivity index (χ1v) is 18.0. The molecule has 3 amide bonds. The van der Waals surface area contributed by atoms with E-state index in [4.69, 9.17) is 13.6 Å². The maximum atomic E-state index is 13.0. The number of aryl methyl sites for hydroxylation is 2. The Labute approximate surface area is 314 Å². The number of hydrogen-bond acceptors (Lipinski definition) is 11. The molecule has 55 heavy (non-hydrogen) atoms. The number of oxazole rings is 1. The first kappa shape index (κ1) is 35.4. The van der Waals surface area contributed by atoms with Gasteiger partial charge in [0.05, 0.1) is 42.3 Å². The summed E-state index contributed by atoms with van der Waals surface area (Å²) >= 11 is 0. The second-order valence-electron chi connectivity index (χ2n) is 13.8. The van der Waals surface area contributed by atoms with Crippen molar-refractivity contribution >= 4 is 51.2 Å². The van der Waals surface area contributed by atoms with Crippen LogP contribution in [0, 0.1) is 18.8 Å². The van der Waals surface area contributed by atoms with Crippen molar-refractivity contribution in [2.75, 3.05) is 31.7 Å². The van der Waals surface area contributed by atoms with Crippen LogP contribution in [0.15, 0.2) is 74.9 Å². The van der Waals surface area contributed by atoms with E-state index in [0.717, 1.165) is 40.7 Å². The van der Waals surface area contributed by atoms with Gasteiger partial charge in [0, 0.05) is 73.3 Å². The van der Waals surface area contributed by atoms with Crippen molar-refractivity contribution in [3.05, 3.63) is 99.8 Å². The van der Waals surface area contributed by atoms with E-state index in [-0.39, 0.29) is 42.3 Å². The molecule has 2 aliphatic heterocycles. The summed E-state index contributed by atoms with van der Waals surface area (Å²) in [5.41, 5.74) is 7.55. The van der Waals surface area contributed by atoms with E-state index in [2.05, 4.69) is 43.5 Å². The quantitative estimate of drug-likeness (QED) is 0.167. The van der Waals surface area contributed by atoms with Crippen LogP contribution >= 0.6 is 0 Å². The summed E-state index contributed by atoms with van der Waals surface area (Å²) in [4.78, 5) is 65.2. The Hall–Kier alpha value is -6.59. The number of anilines is 2. The number of nitrogens with one attached hydrogen (secondary N) is 2. The van der Waals surface area contributed by atoms with Crippen LogP contribution in [-0.2, 0) is 21.4 Å². The minimum Gasteiger partial charge on any atom is -0.464 e. The number of furan rings is 1. The van der Waals surface area contributed by atoms with Crippen LogP contribution in [0.4, 0.5) is 11.4 Å². The van der Waals surface area contributed by atoms with Crippen LogP contribution in [0.3, 0.4) is 0 Å². The van der Waals surface area contributed by atoms with Crippen molar-refractivity contribution < 1.29 is 28.0 Å². The van der Waals surface area contributed by atoms with E-state index in [1.807, 2.05) is 30.1 Å². The standard InChI is InChI=1S/C41H37N7O7/c1-23-15-26(38-44-20-28(21-45-38)47(2)27-17-30(25-10-13-53-14-11-25)37-33(18-27)48(3)41(52)55-37)19-43-36(23)40(51)42-12-4-5-24-6-8-34-31(16-24)32(22-54-34)29-7-9-35(49)46-39(29)50/h6,8,15-22,25,29H,7,9-14H2,1-3H3,(H,42,51)(H,46,49,50). The summed E-state index contributed by atoms with van der Waals surface area (Å²) in [6.07, 6.45) is 8.97. The molecule has 2 saturated heterocycles. The van der Waals surface area contributed by atoms with Gasteiger partial charge in [-0.1, -0.05) is 11.8 Å². The zero-order valence-electron chi connectivity index (χ0n) is 30.5. The SMILES string of the molecule is Cc1cc(-c2ncc(N(C)c3cc(C4CCOCC4)c4oc(=O)n(C)c4c3)cn2)cnc1C(=O)NCC#Cc1ccc2occ(C3CCC(=O)NC3=O)c2c1. The van der Waals surface area contributed by atoms with Gasteiger partial charge in [-0.3, -0.25) is 29.3 Å². The van der Waals surface area contributed by atoms with Crippen LogP contribution in [-0.4, -0.2) is 64.0 Å². The summed E-state index contributed by atoms with van der Waals surface area (Å²) in [7, 11) is 3.63. The van der Waals surface area contributed by atoms with Crippen LogP contribution in [0.25, 0.3) is 33.5 Å². The zero-order valence-corrected chi connectivity index (χ0v) is 30.5. The fourth-order valence-electron chi connectivity index (χ4n) is 7.21. The predicted molar refractivity (Wildman–Crippen MR) is 203 cm³/mol. The predicted octanol–water partition coefficient (Wildman–Crippen LogP) is 5.00. The number of carbonyl (C=O) groups excluding carboxylic acids is 3. The minimum absolute atomic E-state index is 0.0869. The average Bonchev–Trinajstić information content (AvgIpc) is 3.75. The molecule has 14 heteroatoms. The van der Waals surface area contributed by atoms with Gasteiger partial charge >= 0.3 is 5.76 Å². The Kier molecular flexibility index (Phi) is 9.46. The van der Waals surface area contributed by atoms with E-state index >= 15 is 0 Å². The molecule has 6 heterocycles. The highest BCUT2D eigenvalue weighted by Crippen LogP contribution is 2.37. The van der Waals surface area contributed by atoms with E-state index in [9.17, 15) is 19.2 Å². The molecule has 6 aromatic rings. The van der Waals surface area contributed by atoms with Crippen LogP contribution in [0.5, 0.6) is 0 Å². The van der Waals surface area contributed by atoms with Gasteiger partial charge < -0.3 is 23.8 Å². The topological polar surface area (TPSA) is 175 Å². The molecule has 1 atom stereocenters. The highest BCUT2D eigenvalue weighted by molar-refractivity contribution is 6.03. The highest BCUT2D eigenvalue weighted by atomic mass is 16.5. The number of hydrogen-bond donors (Lipinski definition) is 2. The lowest BCUT2D eigenvalue weighted by Crippen LogP contribution is -2.39. The van der Waals surface area contributed by atoms with Gasteiger partial charge in [-0.25, -0.2) is 14.8 Å². The number of benzene rings is 2. The number of rotatable bonds is 7. The summed E-state index contributed by atoms with van der Waals surface area (Å²) in [5.74, 6) is 4.86. The minimum atomic E-state index is -0.471. The highest BCUT2D eigenvalue weighted by Gasteiger charge is 2.30. The Morgan fingerprint density at radius 2 is 1.80 bits per heavy atom. The Morgan fingerprint density at radius 3 is 2.56 bits per heavy atom. The van der Waals surface area contributed by atoms with Gasteiger partial charge in [0.15, 0.2) is 11.4 Å². The van der Waals surface area contributed by atoms with Crippen molar-refractivity contribution in [2.45, 2.75) is 44.4 Å². The van der Waals surface area contributed by atoms with Crippen LogP contribution < -0.4 is 21.3 Å². The number of imide groups is 1. The number of amides is 3. The second-order valence-corrected chi connectivity index (χ2v) is 13.8. The lowest BCUT2D eigenvalue weighted by Gasteiger charge is -2.25. The van der Waals surface area contributed by atoms with E-state index in [0.29, 0.717) is 58.9 Å². The Morgan fingerprint density at radius 1 is 1.00 bits per heavy atom. The number of fused-ring (bicyclic) bond motifs is 2. The third-order valence-electron chi connectivity index (χ3n) is 10.3. The van der Waals surface area contributed by atoms with Gasteiger partial charge in [0.2, 0.25) is 11.8 Å². The van der Waals surface area contributed by atoms with E-state index in [1.165, 1.54) is 4.57 Å². The number of ether oxygens (including phenoxy) is 1. The molecule has 278 valence electrons. The number of nitrogens with zero attached hydrogens (tertiary/aromatic N) is 5. The third-order valence-corrected chi connectivity index (χ3v) is 10.3. The Bertz CT molecular complexity index is 2610. The lowest BCUT2D eigenvalue weighted by molar-refractivity contribution is -0.134. The van der Waals surface area contributed by atoms with Gasteiger partial charge in [-0.15, -0.1) is 0 Å². The summed E-state index contributed by atoms with van der Waals surface area (Å²) < 4.78 is 18.4. The molecule has 0 radical (unpaired) electrons. The summed E-state index contributed by atoms with van der Waals surface area (Å²) in [6.45, 7) is 3.21. The van der Waals surface area contributed by atoms with Crippen LogP contribution in [0.1, 0.15) is 70.3 Å². The molecule has 2 aliphatic rings. The molecule has 4 aromatic heterocycles. The number of carbonyl (C=O) groups is 3. The number of pyridine rings is 1. The summed E-state index contributed by atoms with van der Waals surface area (Å²) in [6, 6.07) is 11.3. The first-order chi connectivity index (χ1) is 26.6. The monoisotopic (exact) mass is 739 g/mol. The Balaban J connectivity index is 0.930. The van der Waals surface area contributed by atoms with Gasteiger partial charge in [-0.05, 0) is 74.1 Å². The number of aromatic nitrogens is 4. The summed E-state index contributed by atoms with van der Waals surface area (Å²) in [5, 5.41) is 5.96. The fourth-order valence-corrected chi connectivity index (χ4v) is 7.21. The molecule has 14 nitrogen and oxygen atoms in total. The van der Waals surface area contributed by atoms with Crippen molar-refractivity contribution in [1.29, 1.82) is 0 Å². The smallest absolute Gasteiger partial charge is 0.419 e. The van der Waals surface area contributed by atoms with Crippen molar-refractivity contribution in [3.63, 3.8) is 0 Å². The van der Waals surface area contributed by atoms with Gasteiger partial charge in [-0.2, -0.15) is 0 Å². The lowest BCUT2D eigenvalue weighted by atomic mass is 9.90. The van der Waals surface area contributed by atoms with Gasteiger partial charge in [0.1, 0.15) is 11.3 Å². The maximum Gasteiger partial charge on any atom is 0.419 e. The first-order valence-electron chi connectivity index (χ1n) is 18.0. The van der Waals surface area contributed by atoms with E-state index < -0.39 is 11.7 Å². The molecule has 0 spiro atoms. The molecule has 0 bridgehead atoms. The molecule has 2 aromatic carbocycles. The zero-order chi connectivity index (χ0) is 38.2. The maximum absolute atomic E-state index is 13.0.